The Balaban J connectivity index is 0.00000261. The topological polar surface area (TPSA) is 41.1 Å². The van der Waals surface area contributed by atoms with Crippen LogP contribution >= 0.6 is 35.6 Å². The predicted molar refractivity (Wildman–Crippen MR) is 115 cm³/mol. The molecule has 3 rings (SSSR count). The van der Waals surface area contributed by atoms with E-state index in [-0.39, 0.29) is 18.3 Å². The van der Waals surface area contributed by atoms with Gasteiger partial charge in [0.15, 0.2) is 0 Å². The fourth-order valence-corrected chi connectivity index (χ4v) is 4.11. The van der Waals surface area contributed by atoms with Gasteiger partial charge in [0.1, 0.15) is 0 Å². The van der Waals surface area contributed by atoms with Crippen LogP contribution in [0, 0.1) is 0 Å². The molecule has 0 spiro atoms. The molecule has 27 heavy (non-hydrogen) atoms. The first-order chi connectivity index (χ1) is 12.5. The van der Waals surface area contributed by atoms with E-state index in [2.05, 4.69) is 34.9 Å². The van der Waals surface area contributed by atoms with Crippen LogP contribution in [0.3, 0.4) is 0 Å². The highest BCUT2D eigenvalue weighted by Crippen LogP contribution is 2.42. The van der Waals surface area contributed by atoms with Crippen molar-refractivity contribution < 1.29 is 4.79 Å². The maximum Gasteiger partial charge on any atom is 0.220 e. The van der Waals surface area contributed by atoms with Gasteiger partial charge in [-0.2, -0.15) is 0 Å². The van der Waals surface area contributed by atoms with Gasteiger partial charge in [0.2, 0.25) is 5.91 Å². The highest BCUT2D eigenvalue weighted by Gasteiger charge is 2.28. The molecule has 0 bridgehead atoms. The second-order valence-corrected chi connectivity index (χ2v) is 7.60. The van der Waals surface area contributed by atoms with Gasteiger partial charge in [0, 0.05) is 25.4 Å². The van der Waals surface area contributed by atoms with Crippen LogP contribution in [0.1, 0.15) is 53.5 Å². The van der Waals surface area contributed by atoms with Crippen molar-refractivity contribution in [3.05, 3.63) is 68.7 Å². The summed E-state index contributed by atoms with van der Waals surface area (Å²) in [6, 6.07) is 12.9. The van der Waals surface area contributed by atoms with Crippen molar-refractivity contribution in [2.45, 2.75) is 37.6 Å². The largest absolute Gasteiger partial charge is 0.359 e. The molecule has 0 heterocycles. The first-order valence-electron chi connectivity index (χ1n) is 8.99. The lowest BCUT2D eigenvalue weighted by atomic mass is 9.76. The van der Waals surface area contributed by atoms with Crippen molar-refractivity contribution in [3.63, 3.8) is 0 Å². The lowest BCUT2D eigenvalue weighted by Gasteiger charge is -2.32. The minimum atomic E-state index is 0. The lowest BCUT2D eigenvalue weighted by molar-refractivity contribution is -0.120. The van der Waals surface area contributed by atoms with E-state index in [1.54, 1.807) is 7.05 Å². The molecular formula is C21H25Cl3N2O. The number of carbonyl (C=O) groups excluding carboxylic acids is 1. The smallest absolute Gasteiger partial charge is 0.220 e. The molecule has 1 aliphatic rings. The summed E-state index contributed by atoms with van der Waals surface area (Å²) in [5, 5.41) is 7.30. The summed E-state index contributed by atoms with van der Waals surface area (Å²) in [7, 11) is 3.68. The number of carbonyl (C=O) groups is 1. The van der Waals surface area contributed by atoms with Crippen molar-refractivity contribution >= 4 is 41.5 Å². The third kappa shape index (κ3) is 4.97. The van der Waals surface area contributed by atoms with Gasteiger partial charge in [-0.15, -0.1) is 12.4 Å². The van der Waals surface area contributed by atoms with Crippen LogP contribution in [0.5, 0.6) is 0 Å². The molecule has 0 aliphatic heterocycles. The molecule has 6 heteroatoms. The molecule has 3 nitrogen and oxygen atoms in total. The number of fused-ring (bicyclic) bond motifs is 1. The number of aryl methyl sites for hydroxylation is 1. The zero-order valence-electron chi connectivity index (χ0n) is 15.5. The fourth-order valence-electron chi connectivity index (χ4n) is 3.80. The zero-order chi connectivity index (χ0) is 18.7. The van der Waals surface area contributed by atoms with Gasteiger partial charge in [0.05, 0.1) is 10.0 Å². The number of nitrogens with one attached hydrogen (secondary N) is 2. The summed E-state index contributed by atoms with van der Waals surface area (Å²) in [4.78, 5) is 11.5. The van der Waals surface area contributed by atoms with Gasteiger partial charge in [-0.1, -0.05) is 47.5 Å². The molecule has 0 saturated heterocycles. The van der Waals surface area contributed by atoms with Gasteiger partial charge in [-0.25, -0.2) is 0 Å². The first-order valence-corrected chi connectivity index (χ1v) is 9.74. The zero-order valence-corrected chi connectivity index (χ0v) is 17.8. The van der Waals surface area contributed by atoms with Crippen molar-refractivity contribution in [1.82, 2.24) is 10.6 Å². The molecule has 1 amide bonds. The van der Waals surface area contributed by atoms with Crippen molar-refractivity contribution in [2.24, 2.45) is 0 Å². The molecular weight excluding hydrogens is 403 g/mol. The molecule has 2 unspecified atom stereocenters. The third-order valence-corrected chi connectivity index (χ3v) is 6.00. The standard InChI is InChI=1S/C21H24Cl2N2O.ClH/c1-24-20-9-7-15(14-5-8-18(22)19(23)12-14)16-6-3-13(11-17(16)20)4-10-21(26)25-2;/h3,5-6,8,11-12,15,20,24H,4,7,9-10H2,1-2H3,(H,25,26);1H. The number of benzene rings is 2. The average molecular weight is 428 g/mol. The molecule has 0 aromatic heterocycles. The van der Waals surface area contributed by atoms with E-state index in [4.69, 9.17) is 23.2 Å². The molecule has 2 N–H and O–H groups in total. The predicted octanol–water partition coefficient (Wildman–Crippen LogP) is 5.28. The third-order valence-electron chi connectivity index (χ3n) is 5.26. The fraction of sp³-hybridized carbons (Fsp3) is 0.381. The van der Waals surface area contributed by atoms with Crippen molar-refractivity contribution in [3.8, 4) is 0 Å². The Morgan fingerprint density at radius 1 is 1.04 bits per heavy atom. The molecule has 0 saturated carbocycles. The molecule has 2 aromatic carbocycles. The van der Waals surface area contributed by atoms with Gasteiger partial charge in [-0.05, 0) is 60.7 Å². The Hall–Kier alpha value is -1.26. The Bertz CT molecular complexity index is 810. The minimum absolute atomic E-state index is 0. The van der Waals surface area contributed by atoms with Crippen LogP contribution in [0.15, 0.2) is 36.4 Å². The van der Waals surface area contributed by atoms with Crippen LogP contribution in [0.4, 0.5) is 0 Å². The van der Waals surface area contributed by atoms with Crippen LogP contribution in [0.2, 0.25) is 10.0 Å². The summed E-state index contributed by atoms with van der Waals surface area (Å²) < 4.78 is 0. The van der Waals surface area contributed by atoms with Gasteiger partial charge >= 0.3 is 0 Å². The lowest BCUT2D eigenvalue weighted by Crippen LogP contribution is -2.24. The second-order valence-electron chi connectivity index (χ2n) is 6.78. The number of halogens is 3. The van der Waals surface area contributed by atoms with E-state index in [0.717, 1.165) is 19.3 Å². The Labute approximate surface area is 177 Å². The van der Waals surface area contributed by atoms with Crippen LogP contribution < -0.4 is 10.6 Å². The number of hydrogen-bond acceptors (Lipinski definition) is 2. The summed E-state index contributed by atoms with van der Waals surface area (Å²) in [6.45, 7) is 0. The molecule has 2 atom stereocenters. The van der Waals surface area contributed by atoms with Gasteiger partial charge in [0.25, 0.3) is 0 Å². The highest BCUT2D eigenvalue weighted by atomic mass is 35.5. The number of rotatable bonds is 5. The van der Waals surface area contributed by atoms with Crippen LogP contribution in [0.25, 0.3) is 0 Å². The highest BCUT2D eigenvalue weighted by molar-refractivity contribution is 6.42. The molecule has 1 aliphatic carbocycles. The van der Waals surface area contributed by atoms with Crippen LogP contribution in [-0.4, -0.2) is 20.0 Å². The quantitative estimate of drug-likeness (QED) is 0.681. The van der Waals surface area contributed by atoms with E-state index in [0.29, 0.717) is 28.4 Å². The maximum absolute atomic E-state index is 11.5. The second kappa shape index (κ2) is 9.79. The Morgan fingerprint density at radius 2 is 1.81 bits per heavy atom. The van der Waals surface area contributed by atoms with Crippen molar-refractivity contribution in [1.29, 1.82) is 0 Å². The Kier molecular flexibility index (Phi) is 7.99. The first kappa shape index (κ1) is 22.0. The van der Waals surface area contributed by atoms with Gasteiger partial charge < -0.3 is 10.6 Å². The van der Waals surface area contributed by atoms with E-state index in [1.807, 2.05) is 19.2 Å². The number of amides is 1. The van der Waals surface area contributed by atoms with E-state index in [1.165, 1.54) is 22.3 Å². The Morgan fingerprint density at radius 3 is 2.48 bits per heavy atom. The van der Waals surface area contributed by atoms with E-state index < -0.39 is 0 Å². The van der Waals surface area contributed by atoms with E-state index in [9.17, 15) is 4.79 Å². The summed E-state index contributed by atoms with van der Waals surface area (Å²) in [5.41, 5.74) is 5.05. The SMILES string of the molecule is CNC(=O)CCc1ccc2c(c1)C(NC)CCC2c1ccc(Cl)c(Cl)c1.Cl. The summed E-state index contributed by atoms with van der Waals surface area (Å²) in [5.74, 6) is 0.388. The summed E-state index contributed by atoms with van der Waals surface area (Å²) >= 11 is 12.3. The molecule has 0 fully saturated rings. The summed E-state index contributed by atoms with van der Waals surface area (Å²) in [6.07, 6.45) is 3.39. The average Bonchev–Trinajstić information content (AvgIpc) is 2.67. The maximum atomic E-state index is 11.5. The number of hydrogen-bond donors (Lipinski definition) is 2. The molecule has 2 aromatic rings. The van der Waals surface area contributed by atoms with Gasteiger partial charge in [-0.3, -0.25) is 4.79 Å². The van der Waals surface area contributed by atoms with E-state index >= 15 is 0 Å². The molecule has 0 radical (unpaired) electrons. The minimum Gasteiger partial charge on any atom is -0.359 e. The normalized spacial score (nSPS) is 18.4. The monoisotopic (exact) mass is 426 g/mol. The van der Waals surface area contributed by atoms with Crippen molar-refractivity contribution in [2.75, 3.05) is 14.1 Å². The molecule has 146 valence electrons. The van der Waals surface area contributed by atoms with Crippen LogP contribution in [-0.2, 0) is 11.2 Å².